The maximum absolute atomic E-state index is 12.2. The predicted octanol–water partition coefficient (Wildman–Crippen LogP) is 3.44. The van der Waals surface area contributed by atoms with E-state index in [4.69, 9.17) is 23.2 Å². The van der Waals surface area contributed by atoms with Gasteiger partial charge in [-0.25, -0.2) is 0 Å². The van der Waals surface area contributed by atoms with Crippen LogP contribution < -0.4 is 20.8 Å². The minimum atomic E-state index is -1.33. The fourth-order valence-corrected chi connectivity index (χ4v) is 5.37. The van der Waals surface area contributed by atoms with Crippen LogP contribution in [0.4, 0.5) is 0 Å². The summed E-state index contributed by atoms with van der Waals surface area (Å²) in [6.45, 7) is 0. The molecule has 2 atom stereocenters. The Bertz CT molecular complexity index is 1930. The van der Waals surface area contributed by atoms with Gasteiger partial charge in [-0.3, -0.25) is 9.59 Å². The van der Waals surface area contributed by atoms with E-state index >= 15 is 0 Å². The molecule has 13 heteroatoms. The molecule has 10 nitrogen and oxygen atoms in total. The maximum atomic E-state index is 12.2. The Kier molecular flexibility index (Phi) is 13.3. The Morgan fingerprint density at radius 3 is 1.27 bits per heavy atom. The van der Waals surface area contributed by atoms with Crippen LogP contribution in [0.1, 0.15) is 31.8 Å². The van der Waals surface area contributed by atoms with Crippen molar-refractivity contribution in [3.05, 3.63) is 142 Å². The molecule has 4 aromatic carbocycles. The third-order valence-corrected chi connectivity index (χ3v) is 8.09. The molecule has 6 rings (SSSR count). The van der Waals surface area contributed by atoms with Gasteiger partial charge in [-0.2, -0.15) is 0 Å². The summed E-state index contributed by atoms with van der Waals surface area (Å²) in [5.74, 6) is -3.63. The average molecular weight is 724 g/mol. The number of aromatic nitrogens is 2. The average Bonchev–Trinajstić information content (AvgIpc) is 3.69. The number of carboxylic acid groups (broad SMARTS) is 2. The second-order valence-corrected chi connectivity index (χ2v) is 11.7. The van der Waals surface area contributed by atoms with Crippen LogP contribution in [0.25, 0.3) is 21.8 Å². The molecule has 0 fully saturated rings. The number of hydrogen-bond donors (Lipinski definition) is 4. The van der Waals surface area contributed by atoms with E-state index in [2.05, 4.69) is 20.6 Å². The molecule has 244 valence electrons. The van der Waals surface area contributed by atoms with Crippen molar-refractivity contribution in [3.63, 3.8) is 0 Å². The predicted molar refractivity (Wildman–Crippen MR) is 185 cm³/mol. The zero-order valence-corrected chi connectivity index (χ0v) is 29.6. The Morgan fingerprint density at radius 2 is 0.918 bits per heavy atom. The van der Waals surface area contributed by atoms with Crippen LogP contribution in [0.5, 0.6) is 0 Å². The van der Waals surface area contributed by atoms with Gasteiger partial charge >= 0.3 is 37.7 Å². The number of carboxylic acids is 2. The van der Waals surface area contributed by atoms with Gasteiger partial charge in [-0.15, -0.1) is 0 Å². The third kappa shape index (κ3) is 9.87. The molecule has 2 amide bonds. The quantitative estimate of drug-likeness (QED) is 0.158. The van der Waals surface area contributed by atoms with Crippen LogP contribution in [0.3, 0.4) is 0 Å². The first-order chi connectivity index (χ1) is 23.1. The Morgan fingerprint density at radius 1 is 0.571 bits per heavy atom. The fraction of sp³-hybridized carbons (Fsp3) is 0.111. The van der Waals surface area contributed by atoms with Gasteiger partial charge in [0, 0.05) is 68.2 Å². The summed E-state index contributed by atoms with van der Waals surface area (Å²) in [5.41, 5.74) is 4.10. The van der Waals surface area contributed by atoms with Crippen molar-refractivity contribution < 1.29 is 29.4 Å². The minimum Gasteiger partial charge on any atom is -0.548 e. The van der Waals surface area contributed by atoms with Crippen LogP contribution in [-0.4, -0.2) is 83.5 Å². The molecule has 49 heavy (non-hydrogen) atoms. The standard InChI is InChI=1S/2C18H15ClN2O3.Ca/c2*19-13-7-5-11(6-8-13)17(22)21-16(18(23)24)9-12-10-20-15-4-2-1-3-14(12)15;/h2*1-8,10,16,20H,9H2,(H,21,22)(H,23,24);/q;;+2/p-2/t2*16-;/m10./s1. The van der Waals surface area contributed by atoms with Gasteiger partial charge in [-0.05, 0) is 71.8 Å². The minimum absolute atomic E-state index is 0. The Hall–Kier alpha value is -4.32. The van der Waals surface area contributed by atoms with Gasteiger partial charge in [-0.1, -0.05) is 59.6 Å². The van der Waals surface area contributed by atoms with E-state index in [-0.39, 0.29) is 50.6 Å². The van der Waals surface area contributed by atoms with Gasteiger partial charge in [0.25, 0.3) is 11.8 Å². The molecule has 0 saturated carbocycles. The number of fused-ring (bicyclic) bond motifs is 2. The summed E-state index contributed by atoms with van der Waals surface area (Å²) in [4.78, 5) is 53.4. The van der Waals surface area contributed by atoms with E-state index in [1.165, 1.54) is 24.3 Å². The SMILES string of the molecule is O=C(N[C@@H](Cc1c[nH]c2ccccc12)C(=O)[O-])c1ccc(Cl)cc1.O=C(N[C@H](Cc1c[nH]c2ccccc12)C(=O)[O-])c1ccc(Cl)cc1.[Ca+2]. The van der Waals surface area contributed by atoms with Crippen molar-refractivity contribution in [2.24, 2.45) is 0 Å². The number of hydrogen-bond acceptors (Lipinski definition) is 6. The molecule has 0 radical (unpaired) electrons. The number of rotatable bonds is 10. The van der Waals surface area contributed by atoms with E-state index in [1.54, 1.807) is 36.7 Å². The van der Waals surface area contributed by atoms with Crippen molar-refractivity contribution in [2.45, 2.75) is 24.9 Å². The number of halogens is 2. The van der Waals surface area contributed by atoms with Crippen LogP contribution in [0.15, 0.2) is 109 Å². The normalized spacial score (nSPS) is 11.8. The monoisotopic (exact) mass is 722 g/mol. The zero-order chi connectivity index (χ0) is 34.2. The number of aromatic amines is 2. The molecule has 6 aromatic rings. The molecule has 0 aliphatic heterocycles. The Labute approximate surface area is 320 Å². The van der Waals surface area contributed by atoms with Crippen LogP contribution in [-0.2, 0) is 22.4 Å². The van der Waals surface area contributed by atoms with Crippen molar-refractivity contribution in [1.29, 1.82) is 0 Å². The molecule has 0 unspecified atom stereocenters. The van der Waals surface area contributed by atoms with Crippen molar-refractivity contribution >= 4 is 106 Å². The summed E-state index contributed by atoms with van der Waals surface area (Å²) >= 11 is 11.6. The number of amides is 2. The summed E-state index contributed by atoms with van der Waals surface area (Å²) in [6, 6.07) is 25.3. The van der Waals surface area contributed by atoms with Gasteiger partial charge in [0.15, 0.2) is 0 Å². The molecule has 2 heterocycles. The van der Waals surface area contributed by atoms with E-state index in [1.807, 2.05) is 48.5 Å². The summed E-state index contributed by atoms with van der Waals surface area (Å²) in [7, 11) is 0. The van der Waals surface area contributed by atoms with E-state index in [0.29, 0.717) is 21.2 Å². The smallest absolute Gasteiger partial charge is 0.548 e. The van der Waals surface area contributed by atoms with Crippen LogP contribution in [0, 0.1) is 0 Å². The van der Waals surface area contributed by atoms with Gasteiger partial charge in [0.2, 0.25) is 0 Å². The van der Waals surface area contributed by atoms with Crippen molar-refractivity contribution in [3.8, 4) is 0 Å². The summed E-state index contributed by atoms with van der Waals surface area (Å²) in [6.07, 6.45) is 3.75. The molecule has 0 saturated heterocycles. The molecule has 0 spiro atoms. The first kappa shape index (κ1) is 37.5. The molecule has 0 aliphatic carbocycles. The molecule has 2 aromatic heterocycles. The molecule has 0 aliphatic rings. The first-order valence-electron chi connectivity index (χ1n) is 14.7. The van der Waals surface area contributed by atoms with Gasteiger partial charge in [0.1, 0.15) is 0 Å². The molecular formula is C36H28CaCl2N4O6. The second kappa shape index (κ2) is 17.4. The topological polar surface area (TPSA) is 170 Å². The first-order valence-corrected chi connectivity index (χ1v) is 15.5. The number of H-pyrrole nitrogens is 2. The zero-order valence-electron chi connectivity index (χ0n) is 25.9. The van der Waals surface area contributed by atoms with Crippen molar-refractivity contribution in [2.75, 3.05) is 0 Å². The summed E-state index contributed by atoms with van der Waals surface area (Å²) in [5, 5.41) is 30.7. The number of para-hydroxylation sites is 2. The number of benzene rings is 4. The fourth-order valence-electron chi connectivity index (χ4n) is 5.11. The largest absolute Gasteiger partial charge is 2.00 e. The van der Waals surface area contributed by atoms with Crippen LogP contribution >= 0.6 is 23.2 Å². The van der Waals surface area contributed by atoms with E-state index < -0.39 is 35.8 Å². The molecular weight excluding hydrogens is 695 g/mol. The number of aliphatic carboxylic acids is 2. The number of nitrogens with one attached hydrogen (secondary N) is 4. The van der Waals surface area contributed by atoms with Crippen LogP contribution in [0.2, 0.25) is 10.0 Å². The second-order valence-electron chi connectivity index (χ2n) is 10.8. The Balaban J connectivity index is 0.000000216. The summed E-state index contributed by atoms with van der Waals surface area (Å²) < 4.78 is 0. The third-order valence-electron chi connectivity index (χ3n) is 7.59. The maximum Gasteiger partial charge on any atom is 2.00 e. The van der Waals surface area contributed by atoms with Gasteiger partial charge in [0.05, 0.1) is 24.0 Å². The molecule has 4 N–H and O–H groups in total. The number of carbonyl (C=O) groups excluding carboxylic acids is 4. The van der Waals surface area contributed by atoms with E-state index in [9.17, 15) is 29.4 Å². The number of carbonyl (C=O) groups is 4. The van der Waals surface area contributed by atoms with Gasteiger partial charge < -0.3 is 40.4 Å². The molecule has 0 bridgehead atoms. The van der Waals surface area contributed by atoms with Crippen molar-refractivity contribution in [1.82, 2.24) is 20.6 Å². The van der Waals surface area contributed by atoms with E-state index in [0.717, 1.165) is 32.9 Å².